The minimum atomic E-state index is 0.580. The van der Waals surface area contributed by atoms with Gasteiger partial charge in [-0.1, -0.05) is 19.8 Å². The molecule has 1 aromatic rings. The number of hydrogen-bond donors (Lipinski definition) is 1. The average Bonchev–Trinajstić information content (AvgIpc) is 3.01. The van der Waals surface area contributed by atoms with Crippen LogP contribution in [0.25, 0.3) is 0 Å². The fraction of sp³-hybridized carbons (Fsp3) is 0.692. The van der Waals surface area contributed by atoms with Crippen LogP contribution < -0.4 is 5.32 Å². The van der Waals surface area contributed by atoms with Gasteiger partial charge in [0.05, 0.1) is 0 Å². The van der Waals surface area contributed by atoms with Crippen molar-refractivity contribution in [2.24, 2.45) is 5.92 Å². The van der Waals surface area contributed by atoms with E-state index in [1.54, 1.807) is 0 Å². The van der Waals surface area contributed by atoms with Crippen LogP contribution >= 0.6 is 27.3 Å². The van der Waals surface area contributed by atoms with E-state index < -0.39 is 0 Å². The highest BCUT2D eigenvalue weighted by Gasteiger charge is 2.23. The molecule has 1 saturated carbocycles. The third-order valence-electron chi connectivity index (χ3n) is 3.13. The first kappa shape index (κ1) is 12.6. The lowest BCUT2D eigenvalue weighted by atomic mass is 10.1. The van der Waals surface area contributed by atoms with E-state index in [1.165, 1.54) is 41.5 Å². The summed E-state index contributed by atoms with van der Waals surface area (Å²) in [7, 11) is 0. The van der Waals surface area contributed by atoms with Gasteiger partial charge in [-0.25, -0.2) is 0 Å². The molecule has 0 aromatic carbocycles. The van der Waals surface area contributed by atoms with Gasteiger partial charge in [0.25, 0.3) is 0 Å². The highest BCUT2D eigenvalue weighted by atomic mass is 79.9. The predicted octanol–water partition coefficient (Wildman–Crippen LogP) is 4.74. The number of halogens is 1. The van der Waals surface area contributed by atoms with Crippen molar-refractivity contribution in [2.45, 2.75) is 45.1 Å². The van der Waals surface area contributed by atoms with Crippen molar-refractivity contribution < 1.29 is 0 Å². The first-order valence-corrected chi connectivity index (χ1v) is 7.94. The van der Waals surface area contributed by atoms with Crippen molar-refractivity contribution in [3.8, 4) is 0 Å². The van der Waals surface area contributed by atoms with Crippen LogP contribution in [0.15, 0.2) is 15.9 Å². The van der Waals surface area contributed by atoms with Gasteiger partial charge in [-0.15, -0.1) is 11.3 Å². The number of thiophene rings is 1. The topological polar surface area (TPSA) is 12.0 Å². The molecule has 0 amide bonds. The summed E-state index contributed by atoms with van der Waals surface area (Å²) in [5.74, 6) is 1.04. The van der Waals surface area contributed by atoms with E-state index in [2.05, 4.69) is 39.6 Å². The Morgan fingerprint density at radius 3 is 2.94 bits per heavy atom. The lowest BCUT2D eigenvalue weighted by Gasteiger charge is -2.16. The zero-order valence-electron chi connectivity index (χ0n) is 9.84. The molecular weight excluding hydrogens is 282 g/mol. The predicted molar refractivity (Wildman–Crippen MR) is 75.0 cm³/mol. The first-order valence-electron chi connectivity index (χ1n) is 6.27. The lowest BCUT2D eigenvalue weighted by Crippen LogP contribution is -2.21. The Hall–Kier alpha value is 0.140. The fourth-order valence-corrected chi connectivity index (χ4v) is 3.54. The molecule has 1 unspecified atom stereocenters. The minimum Gasteiger partial charge on any atom is -0.309 e. The molecule has 2 rings (SSSR count). The van der Waals surface area contributed by atoms with Gasteiger partial charge >= 0.3 is 0 Å². The second-order valence-corrected chi connectivity index (χ2v) is 6.55. The third kappa shape index (κ3) is 3.86. The maximum absolute atomic E-state index is 3.67. The Kier molecular flexibility index (Phi) is 4.86. The highest BCUT2D eigenvalue weighted by molar-refractivity contribution is 9.10. The summed E-state index contributed by atoms with van der Waals surface area (Å²) in [4.78, 5) is 1.49. The molecule has 1 heterocycles. The summed E-state index contributed by atoms with van der Waals surface area (Å²) in [6, 6.07) is 2.85. The third-order valence-corrected chi connectivity index (χ3v) is 4.94. The standard InChI is InChI=1S/C13H20BrNS/c1-2-7-15-12(6-5-10-3-4-10)13-8-11(14)9-16-13/h8-10,12,15H,2-7H2,1H3. The normalized spacial score (nSPS) is 17.6. The van der Waals surface area contributed by atoms with Crippen LogP contribution in [0.5, 0.6) is 0 Å². The Morgan fingerprint density at radius 1 is 1.56 bits per heavy atom. The monoisotopic (exact) mass is 301 g/mol. The Bertz CT molecular complexity index is 319. The molecule has 1 aliphatic carbocycles. The van der Waals surface area contributed by atoms with E-state index in [0.29, 0.717) is 6.04 Å². The van der Waals surface area contributed by atoms with Gasteiger partial charge in [0.2, 0.25) is 0 Å². The second kappa shape index (κ2) is 6.18. The second-order valence-electron chi connectivity index (χ2n) is 4.69. The molecule has 0 spiro atoms. The van der Waals surface area contributed by atoms with Crippen LogP contribution in [0, 0.1) is 5.92 Å². The number of rotatable bonds is 7. The molecule has 0 radical (unpaired) electrons. The van der Waals surface area contributed by atoms with Crippen molar-refractivity contribution in [3.63, 3.8) is 0 Å². The summed E-state index contributed by atoms with van der Waals surface area (Å²) in [6.07, 6.45) is 6.85. The van der Waals surface area contributed by atoms with E-state index in [0.717, 1.165) is 12.5 Å². The Morgan fingerprint density at radius 2 is 2.38 bits per heavy atom. The SMILES string of the molecule is CCCNC(CCC1CC1)c1cc(Br)cs1. The zero-order valence-corrected chi connectivity index (χ0v) is 12.2. The molecule has 1 N–H and O–H groups in total. The van der Waals surface area contributed by atoms with Crippen LogP contribution in [0.3, 0.4) is 0 Å². The maximum atomic E-state index is 3.67. The molecule has 0 bridgehead atoms. The summed E-state index contributed by atoms with van der Waals surface area (Å²) >= 11 is 5.41. The summed E-state index contributed by atoms with van der Waals surface area (Å²) in [5, 5.41) is 5.86. The number of hydrogen-bond acceptors (Lipinski definition) is 2. The molecule has 1 fully saturated rings. The summed E-state index contributed by atoms with van der Waals surface area (Å²) < 4.78 is 1.22. The van der Waals surface area contributed by atoms with Crippen LogP contribution in [-0.2, 0) is 0 Å². The van der Waals surface area contributed by atoms with Gasteiger partial charge in [-0.3, -0.25) is 0 Å². The molecule has 3 heteroatoms. The van der Waals surface area contributed by atoms with Crippen LogP contribution in [0.2, 0.25) is 0 Å². The van der Waals surface area contributed by atoms with E-state index >= 15 is 0 Å². The van der Waals surface area contributed by atoms with E-state index in [9.17, 15) is 0 Å². The Labute approximate surface area is 111 Å². The molecule has 90 valence electrons. The van der Waals surface area contributed by atoms with E-state index in [-0.39, 0.29) is 0 Å². The molecule has 1 aromatic heterocycles. The first-order chi connectivity index (χ1) is 7.79. The minimum absolute atomic E-state index is 0.580. The lowest BCUT2D eigenvalue weighted by molar-refractivity contribution is 0.476. The van der Waals surface area contributed by atoms with Crippen molar-refractivity contribution in [3.05, 3.63) is 20.8 Å². The van der Waals surface area contributed by atoms with Crippen molar-refractivity contribution in [2.75, 3.05) is 6.54 Å². The summed E-state index contributed by atoms with van der Waals surface area (Å²) in [5.41, 5.74) is 0. The van der Waals surface area contributed by atoms with E-state index in [1.807, 2.05) is 11.3 Å². The van der Waals surface area contributed by atoms with Crippen molar-refractivity contribution in [1.82, 2.24) is 5.32 Å². The Balaban J connectivity index is 1.89. The molecular formula is C13H20BrNS. The largest absolute Gasteiger partial charge is 0.309 e. The molecule has 1 aliphatic rings. The van der Waals surface area contributed by atoms with Gasteiger partial charge in [0.1, 0.15) is 0 Å². The van der Waals surface area contributed by atoms with Crippen LogP contribution in [-0.4, -0.2) is 6.54 Å². The van der Waals surface area contributed by atoms with Crippen LogP contribution in [0.1, 0.15) is 49.9 Å². The smallest absolute Gasteiger partial charge is 0.0415 e. The maximum Gasteiger partial charge on any atom is 0.0415 e. The van der Waals surface area contributed by atoms with Crippen LogP contribution in [0.4, 0.5) is 0 Å². The average molecular weight is 302 g/mol. The molecule has 16 heavy (non-hydrogen) atoms. The number of nitrogens with one attached hydrogen (secondary N) is 1. The van der Waals surface area contributed by atoms with E-state index in [4.69, 9.17) is 0 Å². The fourth-order valence-electron chi connectivity index (χ4n) is 1.98. The van der Waals surface area contributed by atoms with Crippen molar-refractivity contribution in [1.29, 1.82) is 0 Å². The summed E-state index contributed by atoms with van der Waals surface area (Å²) in [6.45, 7) is 3.36. The zero-order chi connectivity index (χ0) is 11.4. The molecule has 1 atom stereocenters. The van der Waals surface area contributed by atoms with Gasteiger partial charge in [0.15, 0.2) is 0 Å². The van der Waals surface area contributed by atoms with Gasteiger partial charge in [-0.05, 0) is 53.7 Å². The van der Waals surface area contributed by atoms with Crippen molar-refractivity contribution >= 4 is 27.3 Å². The van der Waals surface area contributed by atoms with Gasteiger partial charge in [-0.2, -0.15) is 0 Å². The van der Waals surface area contributed by atoms with Gasteiger partial charge in [0, 0.05) is 20.8 Å². The molecule has 1 nitrogen and oxygen atoms in total. The molecule has 0 aliphatic heterocycles. The molecule has 0 saturated heterocycles. The quantitative estimate of drug-likeness (QED) is 0.767. The van der Waals surface area contributed by atoms with Gasteiger partial charge < -0.3 is 5.32 Å². The highest BCUT2D eigenvalue weighted by Crippen LogP contribution is 2.37.